The second-order valence-electron chi connectivity index (χ2n) is 5.63. The molecule has 1 N–H and O–H groups in total. The third-order valence-electron chi connectivity index (χ3n) is 4.20. The number of anilines is 1. The predicted octanol–water partition coefficient (Wildman–Crippen LogP) is 3.27. The molecule has 0 saturated carbocycles. The minimum absolute atomic E-state index is 0.645. The quantitative estimate of drug-likeness (QED) is 0.881. The minimum atomic E-state index is 0.645. The molecule has 1 aliphatic heterocycles. The number of hydrogen-bond acceptors (Lipinski definition) is 3. The number of hydrogen-bond donors (Lipinski definition) is 1. The van der Waals surface area contributed by atoms with E-state index in [1.54, 1.807) is 0 Å². The molecule has 0 aromatic carbocycles. The topological polar surface area (TPSA) is 28.2 Å². The van der Waals surface area contributed by atoms with Crippen LogP contribution >= 0.6 is 0 Å². The zero-order valence-electron chi connectivity index (χ0n) is 12.7. The van der Waals surface area contributed by atoms with Gasteiger partial charge in [0.05, 0.1) is 0 Å². The maximum Gasteiger partial charge on any atom is 0.0450 e. The zero-order valence-corrected chi connectivity index (χ0v) is 12.7. The summed E-state index contributed by atoms with van der Waals surface area (Å²) in [7, 11) is 0. The highest BCUT2D eigenvalue weighted by atomic mass is 15.2. The second-order valence-corrected chi connectivity index (χ2v) is 5.63. The van der Waals surface area contributed by atoms with Crippen molar-refractivity contribution in [2.45, 2.75) is 65.6 Å². The normalized spacial score (nSPS) is 23.1. The standard InChI is InChI=1S/C16H27N3/c1-5-15-8-7-13(4)19(15)16-9-12(3)18-11-14(16)10-17-6-2/h9,11,13,15,17H,5-8,10H2,1-4H3. The summed E-state index contributed by atoms with van der Waals surface area (Å²) >= 11 is 0. The molecule has 2 rings (SSSR count). The smallest absolute Gasteiger partial charge is 0.0450 e. The van der Waals surface area contributed by atoms with Gasteiger partial charge < -0.3 is 10.2 Å². The molecule has 1 fully saturated rings. The first-order valence-electron chi connectivity index (χ1n) is 7.61. The van der Waals surface area contributed by atoms with Gasteiger partial charge in [-0.05, 0) is 45.7 Å². The molecule has 0 aliphatic carbocycles. The molecule has 3 nitrogen and oxygen atoms in total. The molecule has 1 aliphatic rings. The Labute approximate surface area is 117 Å². The molecule has 1 saturated heterocycles. The van der Waals surface area contributed by atoms with Crippen molar-refractivity contribution in [3.63, 3.8) is 0 Å². The van der Waals surface area contributed by atoms with Gasteiger partial charge in [0.1, 0.15) is 0 Å². The van der Waals surface area contributed by atoms with Gasteiger partial charge in [-0.15, -0.1) is 0 Å². The van der Waals surface area contributed by atoms with Crippen LogP contribution in [0.5, 0.6) is 0 Å². The van der Waals surface area contributed by atoms with Crippen molar-refractivity contribution in [3.05, 3.63) is 23.5 Å². The van der Waals surface area contributed by atoms with Crippen LogP contribution in [0, 0.1) is 6.92 Å². The van der Waals surface area contributed by atoms with Crippen molar-refractivity contribution >= 4 is 5.69 Å². The van der Waals surface area contributed by atoms with Gasteiger partial charge >= 0.3 is 0 Å². The Morgan fingerprint density at radius 1 is 1.37 bits per heavy atom. The summed E-state index contributed by atoms with van der Waals surface area (Å²) in [5, 5.41) is 3.43. The largest absolute Gasteiger partial charge is 0.365 e. The van der Waals surface area contributed by atoms with E-state index in [9.17, 15) is 0 Å². The van der Waals surface area contributed by atoms with Crippen molar-refractivity contribution < 1.29 is 0 Å². The highest BCUT2D eigenvalue weighted by Gasteiger charge is 2.30. The van der Waals surface area contributed by atoms with Gasteiger partial charge in [0.25, 0.3) is 0 Å². The second kappa shape index (κ2) is 6.38. The van der Waals surface area contributed by atoms with Crippen molar-refractivity contribution in [1.82, 2.24) is 10.3 Å². The summed E-state index contributed by atoms with van der Waals surface area (Å²) in [6.07, 6.45) is 5.90. The van der Waals surface area contributed by atoms with Crippen LogP contribution in [0.3, 0.4) is 0 Å². The summed E-state index contributed by atoms with van der Waals surface area (Å²) in [5.41, 5.74) is 3.84. The first-order chi connectivity index (χ1) is 9.17. The van der Waals surface area contributed by atoms with E-state index in [2.05, 4.69) is 49.0 Å². The van der Waals surface area contributed by atoms with Gasteiger partial charge in [-0.3, -0.25) is 4.98 Å². The molecule has 19 heavy (non-hydrogen) atoms. The molecule has 0 spiro atoms. The lowest BCUT2D eigenvalue weighted by Crippen LogP contribution is -2.35. The van der Waals surface area contributed by atoms with E-state index in [1.807, 2.05) is 6.20 Å². The highest BCUT2D eigenvalue weighted by Crippen LogP contribution is 2.34. The van der Waals surface area contributed by atoms with Crippen LogP contribution in [0.15, 0.2) is 12.3 Å². The Balaban J connectivity index is 2.32. The highest BCUT2D eigenvalue weighted by molar-refractivity contribution is 5.56. The summed E-state index contributed by atoms with van der Waals surface area (Å²) in [6.45, 7) is 10.8. The Hall–Kier alpha value is -1.09. The van der Waals surface area contributed by atoms with Gasteiger partial charge in [0, 0.05) is 41.8 Å². The first-order valence-corrected chi connectivity index (χ1v) is 7.61. The number of aromatic nitrogens is 1. The Kier molecular flexibility index (Phi) is 4.81. The molecule has 0 radical (unpaired) electrons. The predicted molar refractivity (Wildman–Crippen MR) is 81.6 cm³/mol. The van der Waals surface area contributed by atoms with E-state index in [0.717, 1.165) is 18.8 Å². The van der Waals surface area contributed by atoms with Crippen LogP contribution in [0.1, 0.15) is 51.3 Å². The lowest BCUT2D eigenvalue weighted by molar-refractivity contribution is 0.620. The Morgan fingerprint density at radius 3 is 2.84 bits per heavy atom. The van der Waals surface area contributed by atoms with Crippen LogP contribution in [0.2, 0.25) is 0 Å². The number of pyridine rings is 1. The van der Waals surface area contributed by atoms with Crippen LogP contribution in [0.25, 0.3) is 0 Å². The summed E-state index contributed by atoms with van der Waals surface area (Å²) in [6, 6.07) is 3.60. The SMILES string of the molecule is CCNCc1cnc(C)cc1N1C(C)CCC1CC. The molecule has 2 heterocycles. The molecule has 3 heteroatoms. The van der Waals surface area contributed by atoms with E-state index in [4.69, 9.17) is 0 Å². The molecular weight excluding hydrogens is 234 g/mol. The summed E-state index contributed by atoms with van der Waals surface area (Å²) < 4.78 is 0. The van der Waals surface area contributed by atoms with Gasteiger partial charge in [0.2, 0.25) is 0 Å². The van der Waals surface area contributed by atoms with Gasteiger partial charge in [-0.2, -0.15) is 0 Å². The van der Waals surface area contributed by atoms with E-state index >= 15 is 0 Å². The van der Waals surface area contributed by atoms with Crippen molar-refractivity contribution in [1.29, 1.82) is 0 Å². The number of nitrogens with one attached hydrogen (secondary N) is 1. The molecule has 2 unspecified atom stereocenters. The summed E-state index contributed by atoms with van der Waals surface area (Å²) in [4.78, 5) is 7.10. The van der Waals surface area contributed by atoms with Crippen molar-refractivity contribution in [2.75, 3.05) is 11.4 Å². The van der Waals surface area contributed by atoms with Crippen LogP contribution in [0.4, 0.5) is 5.69 Å². The third kappa shape index (κ3) is 3.08. The van der Waals surface area contributed by atoms with E-state index < -0.39 is 0 Å². The lowest BCUT2D eigenvalue weighted by atomic mass is 10.1. The lowest BCUT2D eigenvalue weighted by Gasteiger charge is -2.32. The molecular formula is C16H27N3. The van der Waals surface area contributed by atoms with E-state index in [-0.39, 0.29) is 0 Å². The Morgan fingerprint density at radius 2 is 2.16 bits per heavy atom. The molecule has 106 valence electrons. The maximum absolute atomic E-state index is 4.47. The Bertz CT molecular complexity index is 416. The fourth-order valence-electron chi connectivity index (χ4n) is 3.12. The number of rotatable bonds is 5. The molecule has 1 aromatic heterocycles. The third-order valence-corrected chi connectivity index (χ3v) is 4.20. The maximum atomic E-state index is 4.47. The minimum Gasteiger partial charge on any atom is -0.365 e. The summed E-state index contributed by atoms with van der Waals surface area (Å²) in [5.74, 6) is 0. The van der Waals surface area contributed by atoms with E-state index in [1.165, 1.54) is 30.5 Å². The number of nitrogens with zero attached hydrogens (tertiary/aromatic N) is 2. The average molecular weight is 261 g/mol. The molecule has 0 amide bonds. The molecule has 0 bridgehead atoms. The fourth-order valence-corrected chi connectivity index (χ4v) is 3.12. The number of aryl methyl sites for hydroxylation is 1. The zero-order chi connectivity index (χ0) is 13.8. The first kappa shape index (κ1) is 14.3. The van der Waals surface area contributed by atoms with Crippen molar-refractivity contribution in [2.24, 2.45) is 0 Å². The van der Waals surface area contributed by atoms with Crippen LogP contribution < -0.4 is 10.2 Å². The van der Waals surface area contributed by atoms with Gasteiger partial charge in [-0.25, -0.2) is 0 Å². The van der Waals surface area contributed by atoms with Crippen LogP contribution in [-0.2, 0) is 6.54 Å². The van der Waals surface area contributed by atoms with Crippen molar-refractivity contribution in [3.8, 4) is 0 Å². The van der Waals surface area contributed by atoms with Gasteiger partial charge in [-0.1, -0.05) is 13.8 Å². The molecule has 2 atom stereocenters. The van der Waals surface area contributed by atoms with Crippen LogP contribution in [-0.4, -0.2) is 23.6 Å². The fraction of sp³-hybridized carbons (Fsp3) is 0.688. The monoisotopic (exact) mass is 261 g/mol. The average Bonchev–Trinajstić information content (AvgIpc) is 2.78. The molecule has 1 aromatic rings. The van der Waals surface area contributed by atoms with E-state index in [0.29, 0.717) is 12.1 Å². The van der Waals surface area contributed by atoms with Gasteiger partial charge in [0.15, 0.2) is 0 Å².